The van der Waals surface area contributed by atoms with E-state index in [1.807, 2.05) is 30.7 Å². The predicted octanol–water partition coefficient (Wildman–Crippen LogP) is 5.10. The molecule has 108 valence electrons. The van der Waals surface area contributed by atoms with E-state index < -0.39 is 0 Å². The highest BCUT2D eigenvalue weighted by Crippen LogP contribution is 2.31. The number of hydrogen-bond acceptors (Lipinski definition) is 2. The monoisotopic (exact) mass is 363 g/mol. The van der Waals surface area contributed by atoms with Gasteiger partial charge in [0.05, 0.1) is 11.1 Å². The van der Waals surface area contributed by atoms with E-state index in [2.05, 4.69) is 51.0 Å². The highest BCUT2D eigenvalue weighted by molar-refractivity contribution is 9.10. The highest BCUT2D eigenvalue weighted by Gasteiger charge is 2.18. The van der Waals surface area contributed by atoms with Crippen molar-refractivity contribution in [2.75, 3.05) is 0 Å². The molecule has 1 unspecified atom stereocenters. The number of nitrogens with zero attached hydrogens (tertiary/aromatic N) is 3. The average molecular weight is 365 g/mol. The molecule has 21 heavy (non-hydrogen) atoms. The minimum Gasteiger partial charge on any atom is -0.278 e. The van der Waals surface area contributed by atoms with Crippen LogP contribution in [0.2, 0.25) is 0 Å². The molecule has 5 heteroatoms. The van der Waals surface area contributed by atoms with Crippen LogP contribution in [0.25, 0.3) is 16.9 Å². The van der Waals surface area contributed by atoms with Crippen molar-refractivity contribution in [2.45, 2.75) is 26.1 Å². The fourth-order valence-corrected chi connectivity index (χ4v) is 3.20. The number of aryl methyl sites for hydroxylation is 2. The summed E-state index contributed by atoms with van der Waals surface area (Å²) >= 11 is 9.96. The Labute approximate surface area is 137 Å². The van der Waals surface area contributed by atoms with Crippen LogP contribution in [0.4, 0.5) is 0 Å². The molecule has 3 rings (SSSR count). The zero-order valence-corrected chi connectivity index (χ0v) is 14.4. The van der Waals surface area contributed by atoms with Crippen molar-refractivity contribution < 1.29 is 0 Å². The summed E-state index contributed by atoms with van der Waals surface area (Å²) in [6.45, 7) is 6.00. The Balaban J connectivity index is 2.36. The normalized spacial score (nSPS) is 12.8. The van der Waals surface area contributed by atoms with Gasteiger partial charge >= 0.3 is 0 Å². The smallest absolute Gasteiger partial charge is 0.164 e. The zero-order valence-electron chi connectivity index (χ0n) is 12.1. The minimum atomic E-state index is -0.201. The molecule has 0 aliphatic carbocycles. The van der Waals surface area contributed by atoms with Gasteiger partial charge in [-0.2, -0.15) is 0 Å². The van der Waals surface area contributed by atoms with E-state index in [-0.39, 0.29) is 5.38 Å². The van der Waals surface area contributed by atoms with Crippen LogP contribution in [0.1, 0.15) is 29.3 Å². The summed E-state index contributed by atoms with van der Waals surface area (Å²) in [7, 11) is 0. The van der Waals surface area contributed by atoms with Crippen LogP contribution < -0.4 is 0 Å². The number of hydrogen-bond donors (Lipinski definition) is 0. The molecule has 0 saturated heterocycles. The topological polar surface area (TPSA) is 30.7 Å². The number of alkyl halides is 1. The molecule has 0 saturated carbocycles. The van der Waals surface area contributed by atoms with Gasteiger partial charge in [-0.1, -0.05) is 6.07 Å². The molecule has 0 spiro atoms. The number of halogens is 2. The molecule has 3 aromatic rings. The molecule has 2 heterocycles. The zero-order chi connectivity index (χ0) is 15.1. The molecule has 0 aliphatic heterocycles. The average Bonchev–Trinajstić information content (AvgIpc) is 2.77. The van der Waals surface area contributed by atoms with Gasteiger partial charge < -0.3 is 0 Å². The highest BCUT2D eigenvalue weighted by atomic mass is 79.9. The van der Waals surface area contributed by atoms with Gasteiger partial charge in [-0.25, -0.2) is 9.97 Å². The summed E-state index contributed by atoms with van der Waals surface area (Å²) in [5.41, 5.74) is 4.97. The Kier molecular flexibility index (Phi) is 3.76. The van der Waals surface area contributed by atoms with Crippen molar-refractivity contribution >= 4 is 38.7 Å². The third kappa shape index (κ3) is 2.58. The first-order valence-corrected chi connectivity index (χ1v) is 7.96. The van der Waals surface area contributed by atoms with Crippen molar-refractivity contribution in [2.24, 2.45) is 0 Å². The van der Waals surface area contributed by atoms with E-state index in [0.717, 1.165) is 32.7 Å². The van der Waals surface area contributed by atoms with Crippen LogP contribution in [-0.4, -0.2) is 14.5 Å². The maximum absolute atomic E-state index is 6.33. The first kappa shape index (κ1) is 14.5. The number of pyridine rings is 1. The maximum atomic E-state index is 6.33. The molecule has 0 amide bonds. The van der Waals surface area contributed by atoms with Crippen LogP contribution in [0.5, 0.6) is 0 Å². The van der Waals surface area contributed by atoms with E-state index in [1.165, 1.54) is 5.56 Å². The second-order valence-corrected chi connectivity index (χ2v) is 6.74. The number of fused-ring (bicyclic) bond motifs is 1. The van der Waals surface area contributed by atoms with E-state index in [9.17, 15) is 0 Å². The Morgan fingerprint density at radius 1 is 1.19 bits per heavy atom. The summed E-state index contributed by atoms with van der Waals surface area (Å²) in [4.78, 5) is 9.21. The summed E-state index contributed by atoms with van der Waals surface area (Å²) in [6.07, 6.45) is 1.85. The fraction of sp³-hybridized carbons (Fsp3) is 0.250. The van der Waals surface area contributed by atoms with Crippen LogP contribution in [-0.2, 0) is 0 Å². The maximum Gasteiger partial charge on any atom is 0.164 e. The first-order valence-electron chi connectivity index (χ1n) is 6.73. The van der Waals surface area contributed by atoms with Gasteiger partial charge in [-0.15, -0.1) is 11.6 Å². The molecule has 0 fully saturated rings. The van der Waals surface area contributed by atoms with Gasteiger partial charge in [0.25, 0.3) is 0 Å². The number of benzene rings is 1. The quantitative estimate of drug-likeness (QED) is 0.592. The molecule has 2 aromatic heterocycles. The molecule has 0 aliphatic rings. The van der Waals surface area contributed by atoms with E-state index >= 15 is 0 Å². The van der Waals surface area contributed by atoms with Gasteiger partial charge in [-0.05, 0) is 66.0 Å². The van der Waals surface area contributed by atoms with Gasteiger partial charge in [0.15, 0.2) is 5.65 Å². The summed E-state index contributed by atoms with van der Waals surface area (Å²) in [5.74, 6) is 0.800. The number of aromatic nitrogens is 3. The standard InChI is InChI=1S/C16H15BrClN3/c1-9-4-5-14(12(17)6-9)21-15(11(3)18)20-13-7-10(2)8-19-16(13)21/h4-8,11H,1-3H3. The SMILES string of the molecule is Cc1ccc(-n2c(C(C)Cl)nc3cc(C)cnc32)c(Br)c1. The van der Waals surface area contributed by atoms with Crippen molar-refractivity contribution in [3.63, 3.8) is 0 Å². The number of rotatable bonds is 2. The van der Waals surface area contributed by atoms with Crippen molar-refractivity contribution in [1.82, 2.24) is 14.5 Å². The van der Waals surface area contributed by atoms with Gasteiger partial charge in [0, 0.05) is 10.7 Å². The lowest BCUT2D eigenvalue weighted by molar-refractivity contribution is 0.874. The van der Waals surface area contributed by atoms with Crippen LogP contribution >= 0.6 is 27.5 Å². The number of imidazole rings is 1. The molecule has 0 radical (unpaired) electrons. The second kappa shape index (κ2) is 5.43. The summed E-state index contributed by atoms with van der Waals surface area (Å²) in [5, 5.41) is -0.201. The molecule has 0 bridgehead atoms. The largest absolute Gasteiger partial charge is 0.278 e. The Morgan fingerprint density at radius 3 is 2.62 bits per heavy atom. The van der Waals surface area contributed by atoms with E-state index in [0.29, 0.717) is 0 Å². The van der Waals surface area contributed by atoms with Gasteiger partial charge in [0.2, 0.25) is 0 Å². The Hall–Kier alpha value is -1.39. The Bertz CT molecular complexity index is 824. The third-order valence-electron chi connectivity index (χ3n) is 3.36. The molecule has 1 aromatic carbocycles. The van der Waals surface area contributed by atoms with E-state index in [1.54, 1.807) is 0 Å². The Morgan fingerprint density at radius 2 is 1.95 bits per heavy atom. The lowest BCUT2D eigenvalue weighted by atomic mass is 10.2. The summed E-state index contributed by atoms with van der Waals surface area (Å²) in [6, 6.07) is 8.25. The van der Waals surface area contributed by atoms with E-state index in [4.69, 9.17) is 11.6 Å². The predicted molar refractivity (Wildman–Crippen MR) is 90.3 cm³/mol. The van der Waals surface area contributed by atoms with Gasteiger partial charge in [0.1, 0.15) is 11.3 Å². The lowest BCUT2D eigenvalue weighted by Gasteiger charge is -2.12. The van der Waals surface area contributed by atoms with Crippen LogP contribution in [0.3, 0.4) is 0 Å². The minimum absolute atomic E-state index is 0.201. The van der Waals surface area contributed by atoms with Crippen LogP contribution in [0.15, 0.2) is 34.9 Å². The molecule has 3 nitrogen and oxygen atoms in total. The molecule has 0 N–H and O–H groups in total. The molecular weight excluding hydrogens is 350 g/mol. The van der Waals surface area contributed by atoms with Crippen LogP contribution in [0, 0.1) is 13.8 Å². The molecule has 1 atom stereocenters. The fourth-order valence-electron chi connectivity index (χ4n) is 2.38. The second-order valence-electron chi connectivity index (χ2n) is 5.23. The van der Waals surface area contributed by atoms with Gasteiger partial charge in [-0.3, -0.25) is 4.57 Å². The van der Waals surface area contributed by atoms with Crippen molar-refractivity contribution in [1.29, 1.82) is 0 Å². The third-order valence-corrected chi connectivity index (χ3v) is 4.19. The first-order chi connectivity index (χ1) is 9.97. The summed E-state index contributed by atoms with van der Waals surface area (Å²) < 4.78 is 3.03. The lowest BCUT2D eigenvalue weighted by Crippen LogP contribution is -2.03. The van der Waals surface area contributed by atoms with Crippen molar-refractivity contribution in [3.8, 4) is 5.69 Å². The molecular formula is C16H15BrClN3. The van der Waals surface area contributed by atoms with Crippen molar-refractivity contribution in [3.05, 3.63) is 51.9 Å².